The van der Waals surface area contributed by atoms with Crippen LogP contribution in [-0.4, -0.2) is 16.4 Å². The van der Waals surface area contributed by atoms with Crippen LogP contribution in [0.3, 0.4) is 0 Å². The Morgan fingerprint density at radius 3 is 2.41 bits per heavy atom. The van der Waals surface area contributed by atoms with Gasteiger partial charge >= 0.3 is 6.18 Å². The summed E-state index contributed by atoms with van der Waals surface area (Å²) in [5.74, 6) is -0.416. The molecule has 0 saturated heterocycles. The molecule has 0 aliphatic carbocycles. The molecule has 2 heterocycles. The number of carbonyl (C=O) groups excluding carboxylic acids is 1. The summed E-state index contributed by atoms with van der Waals surface area (Å²) in [4.78, 5) is 16.1. The summed E-state index contributed by atoms with van der Waals surface area (Å²) in [6.45, 7) is 6.94. The second-order valence-electron chi connectivity index (χ2n) is 6.05. The van der Waals surface area contributed by atoms with Crippen LogP contribution in [0.2, 0.25) is 0 Å². The summed E-state index contributed by atoms with van der Waals surface area (Å²) >= 11 is 0.869. The number of rotatable bonds is 1. The monoisotopic (exact) mass is 331 g/mol. The molecule has 1 amide bonds. The molecule has 0 aliphatic rings. The number of aromatic nitrogens is 1. The summed E-state index contributed by atoms with van der Waals surface area (Å²) in [7, 11) is 0. The number of nitrogens with one attached hydrogen (secondary N) is 1. The van der Waals surface area contributed by atoms with Crippen LogP contribution in [0, 0.1) is 6.92 Å². The average Bonchev–Trinajstić information content (AvgIpc) is 2.63. The number of hydrogen-bond donors (Lipinski definition) is 2. The lowest BCUT2D eigenvalue weighted by Crippen LogP contribution is -2.40. The molecule has 4 nitrogen and oxygen atoms in total. The number of nitrogens with two attached hydrogens (primary N) is 1. The Morgan fingerprint density at radius 1 is 1.32 bits per heavy atom. The molecule has 120 valence electrons. The van der Waals surface area contributed by atoms with E-state index in [-0.39, 0.29) is 15.4 Å². The highest BCUT2D eigenvalue weighted by atomic mass is 32.1. The first kappa shape index (κ1) is 16.5. The number of anilines is 1. The van der Waals surface area contributed by atoms with Gasteiger partial charge in [-0.3, -0.25) is 4.79 Å². The normalized spacial score (nSPS) is 12.7. The van der Waals surface area contributed by atoms with E-state index in [9.17, 15) is 18.0 Å². The van der Waals surface area contributed by atoms with Gasteiger partial charge in [-0.15, -0.1) is 11.3 Å². The van der Waals surface area contributed by atoms with Gasteiger partial charge in [0, 0.05) is 10.9 Å². The van der Waals surface area contributed by atoms with Crippen LogP contribution in [0.5, 0.6) is 0 Å². The maximum Gasteiger partial charge on any atom is 0.433 e. The Kier molecular flexibility index (Phi) is 3.85. The third-order valence-corrected chi connectivity index (χ3v) is 3.98. The number of aryl methyl sites for hydroxylation is 1. The van der Waals surface area contributed by atoms with E-state index < -0.39 is 23.3 Å². The molecule has 0 bridgehead atoms. The second kappa shape index (κ2) is 5.12. The van der Waals surface area contributed by atoms with Crippen LogP contribution in [0.4, 0.5) is 18.9 Å². The van der Waals surface area contributed by atoms with E-state index in [1.807, 2.05) is 0 Å². The molecule has 2 aromatic rings. The zero-order valence-corrected chi connectivity index (χ0v) is 13.4. The maximum absolute atomic E-state index is 12.8. The standard InChI is InChI=1S/C14H16F3N3OS/c1-6-5-7(14(15,16)17)19-12-8(6)9(18)10(22-12)11(21)20-13(2,3)4/h5H,18H2,1-4H3,(H,20,21). The molecule has 0 unspecified atom stereocenters. The molecule has 0 radical (unpaired) electrons. The topological polar surface area (TPSA) is 68.0 Å². The third kappa shape index (κ3) is 3.16. The zero-order valence-electron chi connectivity index (χ0n) is 12.6. The van der Waals surface area contributed by atoms with Crippen molar-refractivity contribution in [2.75, 3.05) is 5.73 Å². The lowest BCUT2D eigenvalue weighted by atomic mass is 10.1. The van der Waals surface area contributed by atoms with Gasteiger partial charge in [0.2, 0.25) is 0 Å². The van der Waals surface area contributed by atoms with Gasteiger partial charge < -0.3 is 11.1 Å². The lowest BCUT2D eigenvalue weighted by molar-refractivity contribution is -0.141. The number of thiophene rings is 1. The Balaban J connectivity index is 2.58. The summed E-state index contributed by atoms with van der Waals surface area (Å²) in [6, 6.07) is 0.941. The molecule has 22 heavy (non-hydrogen) atoms. The van der Waals surface area contributed by atoms with Crippen molar-refractivity contribution in [2.24, 2.45) is 0 Å². The Hall–Kier alpha value is -1.83. The fraction of sp³-hybridized carbons (Fsp3) is 0.429. The van der Waals surface area contributed by atoms with Crippen molar-refractivity contribution < 1.29 is 18.0 Å². The number of fused-ring (bicyclic) bond motifs is 1. The minimum absolute atomic E-state index is 0.115. The number of nitrogen functional groups attached to an aromatic ring is 1. The summed E-state index contributed by atoms with van der Waals surface area (Å²) in [6.07, 6.45) is -4.54. The molecular formula is C14H16F3N3OS. The van der Waals surface area contributed by atoms with Gasteiger partial charge in [-0.05, 0) is 39.3 Å². The Morgan fingerprint density at radius 2 is 1.91 bits per heavy atom. The summed E-state index contributed by atoms with van der Waals surface area (Å²) in [5, 5.41) is 3.14. The van der Waals surface area contributed by atoms with Crippen LogP contribution in [0.25, 0.3) is 10.2 Å². The molecule has 2 aromatic heterocycles. The number of amides is 1. The van der Waals surface area contributed by atoms with Crippen molar-refractivity contribution in [2.45, 2.75) is 39.4 Å². The first-order valence-corrected chi connectivity index (χ1v) is 7.31. The number of carbonyl (C=O) groups is 1. The number of alkyl halides is 3. The molecule has 0 saturated carbocycles. The van der Waals surface area contributed by atoms with Gasteiger partial charge in [-0.1, -0.05) is 0 Å². The zero-order chi connectivity index (χ0) is 16.9. The highest BCUT2D eigenvalue weighted by molar-refractivity contribution is 7.21. The van der Waals surface area contributed by atoms with Crippen LogP contribution in [0.15, 0.2) is 6.07 Å². The van der Waals surface area contributed by atoms with E-state index in [1.165, 1.54) is 6.92 Å². The first-order chi connectivity index (χ1) is 9.90. The molecule has 2 rings (SSSR count). The lowest BCUT2D eigenvalue weighted by Gasteiger charge is -2.20. The van der Waals surface area contributed by atoms with E-state index >= 15 is 0 Å². The molecule has 0 spiro atoms. The highest BCUT2D eigenvalue weighted by Crippen LogP contribution is 2.38. The van der Waals surface area contributed by atoms with Gasteiger partial charge in [0.1, 0.15) is 15.4 Å². The van der Waals surface area contributed by atoms with Crippen LogP contribution < -0.4 is 11.1 Å². The van der Waals surface area contributed by atoms with Crippen molar-refractivity contribution in [1.82, 2.24) is 10.3 Å². The molecular weight excluding hydrogens is 315 g/mol. The minimum atomic E-state index is -4.54. The Bertz CT molecular complexity index is 744. The molecule has 0 atom stereocenters. The van der Waals surface area contributed by atoms with Gasteiger partial charge in [0.25, 0.3) is 5.91 Å². The number of halogens is 3. The third-order valence-electron chi connectivity index (χ3n) is 2.88. The first-order valence-electron chi connectivity index (χ1n) is 6.49. The highest BCUT2D eigenvalue weighted by Gasteiger charge is 2.34. The second-order valence-corrected chi connectivity index (χ2v) is 7.05. The summed E-state index contributed by atoms with van der Waals surface area (Å²) < 4.78 is 38.4. The molecule has 0 aromatic carbocycles. The number of pyridine rings is 1. The summed E-state index contributed by atoms with van der Waals surface area (Å²) in [5.41, 5.74) is 5.00. The SMILES string of the molecule is Cc1cc(C(F)(F)F)nc2sc(C(=O)NC(C)(C)C)c(N)c12. The fourth-order valence-electron chi connectivity index (χ4n) is 2.02. The van der Waals surface area contributed by atoms with Gasteiger partial charge in [-0.25, -0.2) is 4.98 Å². The number of hydrogen-bond acceptors (Lipinski definition) is 4. The Labute approximate surface area is 129 Å². The van der Waals surface area contributed by atoms with E-state index in [4.69, 9.17) is 5.73 Å². The van der Waals surface area contributed by atoms with Crippen LogP contribution >= 0.6 is 11.3 Å². The predicted octanol–water partition coefficient (Wildman–Crippen LogP) is 3.73. The molecule has 0 fully saturated rings. The quantitative estimate of drug-likeness (QED) is 0.836. The van der Waals surface area contributed by atoms with Gasteiger partial charge in [0.15, 0.2) is 0 Å². The number of nitrogens with zero attached hydrogens (tertiary/aromatic N) is 1. The van der Waals surface area contributed by atoms with Crippen LogP contribution in [0.1, 0.15) is 41.7 Å². The smallest absolute Gasteiger partial charge is 0.397 e. The van der Waals surface area contributed by atoms with E-state index in [0.29, 0.717) is 10.9 Å². The average molecular weight is 331 g/mol. The van der Waals surface area contributed by atoms with Gasteiger partial charge in [0.05, 0.1) is 5.69 Å². The van der Waals surface area contributed by atoms with Crippen molar-refractivity contribution in [3.05, 3.63) is 22.2 Å². The van der Waals surface area contributed by atoms with Crippen molar-refractivity contribution >= 4 is 33.1 Å². The van der Waals surface area contributed by atoms with Gasteiger partial charge in [-0.2, -0.15) is 13.2 Å². The van der Waals surface area contributed by atoms with Crippen LogP contribution in [-0.2, 0) is 6.18 Å². The van der Waals surface area contributed by atoms with E-state index in [0.717, 1.165) is 17.4 Å². The van der Waals surface area contributed by atoms with Crippen molar-refractivity contribution in [3.8, 4) is 0 Å². The van der Waals surface area contributed by atoms with Crippen molar-refractivity contribution in [1.29, 1.82) is 0 Å². The molecule has 8 heteroatoms. The van der Waals surface area contributed by atoms with Crippen molar-refractivity contribution in [3.63, 3.8) is 0 Å². The largest absolute Gasteiger partial charge is 0.433 e. The maximum atomic E-state index is 12.8. The van der Waals surface area contributed by atoms with E-state index in [1.54, 1.807) is 20.8 Å². The van der Waals surface area contributed by atoms with E-state index in [2.05, 4.69) is 10.3 Å². The minimum Gasteiger partial charge on any atom is -0.397 e. The molecule has 3 N–H and O–H groups in total. The molecule has 0 aliphatic heterocycles. The fourth-order valence-corrected chi connectivity index (χ4v) is 3.09. The predicted molar refractivity (Wildman–Crippen MR) is 81.0 cm³/mol.